The summed E-state index contributed by atoms with van der Waals surface area (Å²) in [6, 6.07) is 16.6. The van der Waals surface area contributed by atoms with Crippen molar-refractivity contribution >= 4 is 27.7 Å². The van der Waals surface area contributed by atoms with E-state index in [-0.39, 0.29) is 23.4 Å². The molecular formula is C31H36N4O2. The Hall–Kier alpha value is -3.38. The maximum absolute atomic E-state index is 13.5. The van der Waals surface area contributed by atoms with Crippen LogP contribution in [0.15, 0.2) is 48.5 Å². The summed E-state index contributed by atoms with van der Waals surface area (Å²) in [6.07, 6.45) is 4.52. The van der Waals surface area contributed by atoms with Crippen molar-refractivity contribution < 1.29 is 9.53 Å². The molecule has 4 aromatic rings. The van der Waals surface area contributed by atoms with E-state index in [1.54, 1.807) is 7.11 Å². The number of ether oxygens (including phenoxy) is 1. The number of nitrogens with zero attached hydrogens (tertiary/aromatic N) is 2. The fourth-order valence-electron chi connectivity index (χ4n) is 6.45. The van der Waals surface area contributed by atoms with E-state index in [9.17, 15) is 4.79 Å². The van der Waals surface area contributed by atoms with Crippen LogP contribution >= 0.6 is 0 Å². The quantitative estimate of drug-likeness (QED) is 0.381. The number of aromatic nitrogens is 2. The van der Waals surface area contributed by atoms with E-state index in [1.165, 1.54) is 21.9 Å². The second-order valence-electron chi connectivity index (χ2n) is 11.6. The van der Waals surface area contributed by atoms with Crippen molar-refractivity contribution in [3.05, 3.63) is 71.0 Å². The number of H-pyrrole nitrogens is 1. The van der Waals surface area contributed by atoms with Gasteiger partial charge in [-0.2, -0.15) is 0 Å². The molecule has 1 aliphatic carbocycles. The normalized spacial score (nSPS) is 21.3. The van der Waals surface area contributed by atoms with Crippen LogP contribution in [0, 0.1) is 5.41 Å². The number of hydrogen-bond acceptors (Lipinski definition) is 4. The molecule has 0 spiro atoms. The highest BCUT2D eigenvalue weighted by Gasteiger charge is 2.38. The molecule has 0 radical (unpaired) electrons. The van der Waals surface area contributed by atoms with Gasteiger partial charge < -0.3 is 15.0 Å². The Kier molecular flexibility index (Phi) is 5.95. The van der Waals surface area contributed by atoms with Crippen molar-refractivity contribution in [2.75, 3.05) is 20.7 Å². The van der Waals surface area contributed by atoms with Crippen LogP contribution in [-0.2, 0) is 17.6 Å². The Morgan fingerprint density at radius 2 is 1.97 bits per heavy atom. The second kappa shape index (κ2) is 9.18. The second-order valence-corrected chi connectivity index (χ2v) is 11.6. The lowest BCUT2D eigenvalue weighted by Crippen LogP contribution is -2.45. The van der Waals surface area contributed by atoms with Gasteiger partial charge in [0.05, 0.1) is 30.4 Å². The first-order valence-corrected chi connectivity index (χ1v) is 13.4. The predicted octanol–water partition coefficient (Wildman–Crippen LogP) is 5.54. The van der Waals surface area contributed by atoms with Crippen molar-refractivity contribution in [2.45, 2.75) is 58.0 Å². The molecule has 6 rings (SSSR count). The van der Waals surface area contributed by atoms with Gasteiger partial charge in [-0.05, 0) is 68.5 Å². The standard InChI is InChI=1S/C31H36N4O2/c1-31(2)17-24-28(25(18-31)34-30(36)26-10-7-15-35(26)3)27-21-8-5-6-9-22(21)33-29(27)23(32-24)16-19-11-13-20(37-4)14-12-19/h5-6,8-9,11-14,25-26,33H,7,10,15-18H2,1-4H3,(H,34,36)/t25?,26-/m0/s1. The number of para-hydroxylation sites is 1. The molecule has 2 aromatic heterocycles. The number of likely N-dealkylation sites (N-methyl/N-ethyl adjacent to an activating group) is 1. The number of methoxy groups -OCH3 is 1. The third kappa shape index (κ3) is 4.37. The fraction of sp³-hybridized carbons (Fsp3) is 0.419. The number of aromatic amines is 1. The van der Waals surface area contributed by atoms with Crippen molar-refractivity contribution in [1.29, 1.82) is 0 Å². The topological polar surface area (TPSA) is 70.2 Å². The molecular weight excluding hydrogens is 460 g/mol. The molecule has 0 saturated carbocycles. The third-order valence-corrected chi connectivity index (χ3v) is 8.27. The summed E-state index contributed by atoms with van der Waals surface area (Å²) in [5.74, 6) is 0.995. The molecule has 1 aliphatic heterocycles. The highest BCUT2D eigenvalue weighted by Crippen LogP contribution is 2.45. The van der Waals surface area contributed by atoms with E-state index >= 15 is 0 Å². The van der Waals surface area contributed by atoms with Gasteiger partial charge in [-0.3, -0.25) is 14.7 Å². The summed E-state index contributed by atoms with van der Waals surface area (Å²) < 4.78 is 5.35. The molecule has 1 amide bonds. The average Bonchev–Trinajstić information content (AvgIpc) is 3.47. The van der Waals surface area contributed by atoms with Crippen LogP contribution < -0.4 is 10.1 Å². The average molecular weight is 497 g/mol. The zero-order valence-corrected chi connectivity index (χ0v) is 22.2. The van der Waals surface area contributed by atoms with Gasteiger partial charge in [-0.15, -0.1) is 0 Å². The van der Waals surface area contributed by atoms with Crippen LogP contribution in [0.1, 0.15) is 61.7 Å². The number of pyridine rings is 1. The van der Waals surface area contributed by atoms with E-state index in [4.69, 9.17) is 9.72 Å². The largest absolute Gasteiger partial charge is 0.497 e. The summed E-state index contributed by atoms with van der Waals surface area (Å²) in [7, 11) is 3.75. The first kappa shape index (κ1) is 24.0. The predicted molar refractivity (Wildman–Crippen MR) is 148 cm³/mol. The molecule has 2 N–H and O–H groups in total. The maximum atomic E-state index is 13.5. The molecule has 37 heavy (non-hydrogen) atoms. The van der Waals surface area contributed by atoms with E-state index < -0.39 is 0 Å². The van der Waals surface area contributed by atoms with Crippen molar-refractivity contribution in [3.8, 4) is 5.75 Å². The van der Waals surface area contributed by atoms with Crippen LogP contribution in [0.5, 0.6) is 5.75 Å². The summed E-state index contributed by atoms with van der Waals surface area (Å²) in [6.45, 7) is 5.57. The molecule has 3 heterocycles. The van der Waals surface area contributed by atoms with Crippen molar-refractivity contribution in [1.82, 2.24) is 20.2 Å². The molecule has 2 aliphatic rings. The minimum absolute atomic E-state index is 0.0384. The zero-order chi connectivity index (χ0) is 25.7. The van der Waals surface area contributed by atoms with Crippen molar-refractivity contribution in [2.24, 2.45) is 5.41 Å². The first-order chi connectivity index (χ1) is 17.8. The number of carbonyl (C=O) groups excluding carboxylic acids is 1. The smallest absolute Gasteiger partial charge is 0.237 e. The van der Waals surface area contributed by atoms with E-state index in [2.05, 4.69) is 72.5 Å². The monoisotopic (exact) mass is 496 g/mol. The Balaban J connectivity index is 1.49. The Bertz CT molecular complexity index is 1470. The van der Waals surface area contributed by atoms with E-state index in [0.717, 1.165) is 66.8 Å². The SMILES string of the molecule is COc1ccc(Cc2nc3c(c4c2[nH]c2ccccc24)C(NC(=O)[C@@H]2CCCN2C)CC(C)(C)C3)cc1. The molecule has 192 valence electrons. The molecule has 1 unspecified atom stereocenters. The number of likely N-dealkylation sites (tertiary alicyclic amines) is 1. The molecule has 1 fully saturated rings. The zero-order valence-electron chi connectivity index (χ0n) is 22.2. The lowest BCUT2D eigenvalue weighted by atomic mass is 9.72. The Labute approximate surface area is 218 Å². The number of fused-ring (bicyclic) bond motifs is 5. The summed E-state index contributed by atoms with van der Waals surface area (Å²) in [5, 5.41) is 5.89. The van der Waals surface area contributed by atoms with Crippen LogP contribution in [0.4, 0.5) is 0 Å². The minimum atomic E-state index is -0.0653. The van der Waals surface area contributed by atoms with Gasteiger partial charge in [0.25, 0.3) is 0 Å². The lowest BCUT2D eigenvalue weighted by molar-refractivity contribution is -0.126. The summed E-state index contributed by atoms with van der Waals surface area (Å²) in [5.41, 5.74) is 6.77. The highest BCUT2D eigenvalue weighted by atomic mass is 16.5. The van der Waals surface area contributed by atoms with Crippen LogP contribution in [0.25, 0.3) is 21.8 Å². The maximum Gasteiger partial charge on any atom is 0.237 e. The van der Waals surface area contributed by atoms with Gasteiger partial charge in [0, 0.05) is 34.0 Å². The van der Waals surface area contributed by atoms with Gasteiger partial charge in [0.15, 0.2) is 0 Å². The van der Waals surface area contributed by atoms with Gasteiger partial charge >= 0.3 is 0 Å². The van der Waals surface area contributed by atoms with E-state index in [1.807, 2.05) is 12.1 Å². The third-order valence-electron chi connectivity index (χ3n) is 8.27. The Morgan fingerprint density at radius 3 is 2.70 bits per heavy atom. The molecule has 2 aromatic carbocycles. The minimum Gasteiger partial charge on any atom is -0.497 e. The number of rotatable bonds is 5. The molecule has 1 saturated heterocycles. The number of benzene rings is 2. The molecule has 2 atom stereocenters. The summed E-state index contributed by atoms with van der Waals surface area (Å²) in [4.78, 5) is 24.6. The van der Waals surface area contributed by atoms with Gasteiger partial charge in [0.2, 0.25) is 5.91 Å². The lowest BCUT2D eigenvalue weighted by Gasteiger charge is -2.38. The number of amides is 1. The highest BCUT2D eigenvalue weighted by molar-refractivity contribution is 6.10. The van der Waals surface area contributed by atoms with Crippen LogP contribution in [0.2, 0.25) is 0 Å². The van der Waals surface area contributed by atoms with Crippen LogP contribution in [0.3, 0.4) is 0 Å². The molecule has 0 bridgehead atoms. The molecule has 6 nitrogen and oxygen atoms in total. The number of carbonyl (C=O) groups is 1. The van der Waals surface area contributed by atoms with Crippen molar-refractivity contribution in [3.63, 3.8) is 0 Å². The van der Waals surface area contributed by atoms with Crippen LogP contribution in [-0.4, -0.2) is 47.5 Å². The number of nitrogens with one attached hydrogen (secondary N) is 2. The Morgan fingerprint density at radius 1 is 1.19 bits per heavy atom. The first-order valence-electron chi connectivity index (χ1n) is 13.4. The summed E-state index contributed by atoms with van der Waals surface area (Å²) >= 11 is 0. The van der Waals surface area contributed by atoms with Gasteiger partial charge in [-0.1, -0.05) is 44.2 Å². The number of hydrogen-bond donors (Lipinski definition) is 2. The van der Waals surface area contributed by atoms with E-state index in [0.29, 0.717) is 0 Å². The fourth-order valence-corrected chi connectivity index (χ4v) is 6.45. The molecule has 6 heteroatoms. The van der Waals surface area contributed by atoms with Gasteiger partial charge in [-0.25, -0.2) is 0 Å². The van der Waals surface area contributed by atoms with Gasteiger partial charge in [0.1, 0.15) is 5.75 Å².